The molecule has 2 N–H and O–H groups in total. The highest BCUT2D eigenvalue weighted by Crippen LogP contribution is 2.33. The highest BCUT2D eigenvalue weighted by atomic mass is 16.5. The number of nitrogens with two attached hydrogens (primary N) is 1. The van der Waals surface area contributed by atoms with Crippen LogP contribution in [0.5, 0.6) is 5.75 Å². The topological polar surface area (TPSA) is 61.5 Å². The number of benzene rings is 1. The molecule has 0 spiro atoms. The molecule has 1 saturated carbocycles. The van der Waals surface area contributed by atoms with Crippen molar-refractivity contribution in [3.05, 3.63) is 23.3 Å². The van der Waals surface area contributed by atoms with E-state index in [9.17, 15) is 4.79 Å². The fourth-order valence-corrected chi connectivity index (χ4v) is 1.46. The van der Waals surface area contributed by atoms with Gasteiger partial charge in [0.2, 0.25) is 0 Å². The largest absolute Gasteiger partial charge is 0.488 e. The Kier molecular flexibility index (Phi) is 2.73. The number of anilines is 1. The van der Waals surface area contributed by atoms with Gasteiger partial charge in [-0.05, 0) is 37.5 Å². The van der Waals surface area contributed by atoms with Crippen LogP contribution in [0.2, 0.25) is 0 Å². The summed E-state index contributed by atoms with van der Waals surface area (Å²) in [6.45, 7) is 1.85. The quantitative estimate of drug-likeness (QED) is 0.625. The molecule has 0 heterocycles. The minimum absolute atomic E-state index is 0.259. The molecule has 16 heavy (non-hydrogen) atoms. The van der Waals surface area contributed by atoms with Crippen LogP contribution in [0.3, 0.4) is 0 Å². The maximum Gasteiger partial charge on any atom is 0.337 e. The number of ether oxygens (including phenoxy) is 2. The van der Waals surface area contributed by atoms with Gasteiger partial charge in [0, 0.05) is 0 Å². The highest BCUT2D eigenvalue weighted by Gasteiger charge is 2.25. The Balaban J connectivity index is 2.33. The minimum atomic E-state index is -0.372. The van der Waals surface area contributed by atoms with Gasteiger partial charge in [0.05, 0.1) is 24.5 Å². The first-order valence-corrected chi connectivity index (χ1v) is 5.27. The van der Waals surface area contributed by atoms with Gasteiger partial charge in [-0.25, -0.2) is 4.79 Å². The van der Waals surface area contributed by atoms with Crippen LogP contribution in [0.25, 0.3) is 0 Å². The van der Waals surface area contributed by atoms with E-state index in [4.69, 9.17) is 10.5 Å². The Morgan fingerprint density at radius 3 is 2.69 bits per heavy atom. The Bertz CT molecular complexity index is 425. The Labute approximate surface area is 94.3 Å². The highest BCUT2D eigenvalue weighted by molar-refractivity contribution is 5.91. The van der Waals surface area contributed by atoms with Gasteiger partial charge in [-0.2, -0.15) is 0 Å². The van der Waals surface area contributed by atoms with Crippen molar-refractivity contribution in [3.8, 4) is 5.75 Å². The van der Waals surface area contributed by atoms with Gasteiger partial charge in [-0.3, -0.25) is 0 Å². The fraction of sp³-hybridized carbons (Fsp3) is 0.417. The molecule has 1 aliphatic rings. The van der Waals surface area contributed by atoms with Crippen LogP contribution in [-0.4, -0.2) is 19.2 Å². The second-order valence-corrected chi connectivity index (χ2v) is 4.01. The van der Waals surface area contributed by atoms with Crippen LogP contribution in [0.1, 0.15) is 28.8 Å². The summed E-state index contributed by atoms with van der Waals surface area (Å²) in [5.41, 5.74) is 7.80. The summed E-state index contributed by atoms with van der Waals surface area (Å²) in [5.74, 6) is 0.214. The zero-order valence-corrected chi connectivity index (χ0v) is 9.45. The molecule has 0 aromatic heterocycles. The predicted octanol–water partition coefficient (Wildman–Crippen LogP) is 1.91. The molecule has 0 amide bonds. The molecule has 1 fully saturated rings. The van der Waals surface area contributed by atoms with Crippen molar-refractivity contribution in [2.45, 2.75) is 25.9 Å². The summed E-state index contributed by atoms with van der Waals surface area (Å²) in [6.07, 6.45) is 2.37. The van der Waals surface area contributed by atoms with Crippen LogP contribution in [0.15, 0.2) is 12.1 Å². The molecule has 0 saturated heterocycles. The number of carbonyl (C=O) groups excluding carboxylic acids is 1. The summed E-state index contributed by atoms with van der Waals surface area (Å²) in [6, 6.07) is 3.35. The third kappa shape index (κ3) is 2.10. The van der Waals surface area contributed by atoms with Gasteiger partial charge in [-0.1, -0.05) is 0 Å². The van der Waals surface area contributed by atoms with Crippen molar-refractivity contribution < 1.29 is 14.3 Å². The van der Waals surface area contributed by atoms with Gasteiger partial charge in [0.25, 0.3) is 0 Å². The van der Waals surface area contributed by atoms with Crippen LogP contribution >= 0.6 is 0 Å². The van der Waals surface area contributed by atoms with E-state index >= 15 is 0 Å². The third-order valence-corrected chi connectivity index (χ3v) is 2.59. The molecular formula is C12H15NO3. The molecule has 86 valence electrons. The smallest absolute Gasteiger partial charge is 0.337 e. The number of nitrogen functional groups attached to an aromatic ring is 1. The molecule has 4 heteroatoms. The normalized spacial score (nSPS) is 14.6. The molecular weight excluding hydrogens is 206 g/mol. The van der Waals surface area contributed by atoms with Gasteiger partial charge >= 0.3 is 5.97 Å². The summed E-state index contributed by atoms with van der Waals surface area (Å²) < 4.78 is 10.3. The molecule has 0 radical (unpaired) electrons. The maximum absolute atomic E-state index is 11.4. The van der Waals surface area contributed by atoms with Gasteiger partial charge in [0.1, 0.15) is 5.75 Å². The van der Waals surface area contributed by atoms with E-state index < -0.39 is 0 Å². The van der Waals surface area contributed by atoms with Crippen LogP contribution < -0.4 is 10.5 Å². The SMILES string of the molecule is COC(=O)c1cc(C)c(N)c(OC2CC2)c1. The number of rotatable bonds is 3. The minimum Gasteiger partial charge on any atom is -0.488 e. The second-order valence-electron chi connectivity index (χ2n) is 4.01. The molecule has 1 aliphatic carbocycles. The molecule has 1 aromatic rings. The molecule has 0 unspecified atom stereocenters. The molecule has 0 atom stereocenters. The van der Waals surface area contributed by atoms with Gasteiger partial charge in [0.15, 0.2) is 0 Å². The molecule has 4 nitrogen and oxygen atoms in total. The summed E-state index contributed by atoms with van der Waals surface area (Å²) >= 11 is 0. The number of methoxy groups -OCH3 is 1. The average Bonchev–Trinajstić information content (AvgIpc) is 3.07. The lowest BCUT2D eigenvalue weighted by Gasteiger charge is -2.11. The van der Waals surface area contributed by atoms with E-state index in [1.165, 1.54) is 7.11 Å². The van der Waals surface area contributed by atoms with E-state index in [1.807, 2.05) is 6.92 Å². The molecule has 2 rings (SSSR count). The zero-order chi connectivity index (χ0) is 11.7. The number of aryl methyl sites for hydroxylation is 1. The van der Waals surface area contributed by atoms with E-state index in [0.717, 1.165) is 18.4 Å². The first-order chi connectivity index (χ1) is 7.61. The van der Waals surface area contributed by atoms with Gasteiger partial charge < -0.3 is 15.2 Å². The molecule has 0 aliphatic heterocycles. The molecule has 1 aromatic carbocycles. The van der Waals surface area contributed by atoms with Crippen molar-refractivity contribution in [1.29, 1.82) is 0 Å². The number of esters is 1. The summed E-state index contributed by atoms with van der Waals surface area (Å²) in [7, 11) is 1.36. The predicted molar refractivity (Wildman–Crippen MR) is 60.6 cm³/mol. The zero-order valence-electron chi connectivity index (χ0n) is 9.45. The van der Waals surface area contributed by atoms with E-state index in [1.54, 1.807) is 12.1 Å². The van der Waals surface area contributed by atoms with Crippen LogP contribution in [0.4, 0.5) is 5.69 Å². The average molecular weight is 221 g/mol. The monoisotopic (exact) mass is 221 g/mol. The van der Waals surface area contributed by atoms with Crippen molar-refractivity contribution in [1.82, 2.24) is 0 Å². The van der Waals surface area contributed by atoms with Crippen LogP contribution in [0, 0.1) is 6.92 Å². The van der Waals surface area contributed by atoms with E-state index in [2.05, 4.69) is 4.74 Å². The lowest BCUT2D eigenvalue weighted by Crippen LogP contribution is -2.06. The van der Waals surface area contributed by atoms with Crippen molar-refractivity contribution in [2.75, 3.05) is 12.8 Å². The standard InChI is InChI=1S/C12H15NO3/c1-7-5-8(12(14)15-2)6-10(11(7)13)16-9-3-4-9/h5-6,9H,3-4,13H2,1-2H3. The van der Waals surface area contributed by atoms with E-state index in [-0.39, 0.29) is 12.1 Å². The van der Waals surface area contributed by atoms with Gasteiger partial charge in [-0.15, -0.1) is 0 Å². The fourth-order valence-electron chi connectivity index (χ4n) is 1.46. The second kappa shape index (κ2) is 4.04. The number of hydrogen-bond donors (Lipinski definition) is 1. The molecule has 0 bridgehead atoms. The first-order valence-electron chi connectivity index (χ1n) is 5.27. The van der Waals surface area contributed by atoms with Crippen molar-refractivity contribution in [3.63, 3.8) is 0 Å². The Morgan fingerprint density at radius 2 is 2.12 bits per heavy atom. The first kappa shape index (κ1) is 10.8. The number of hydrogen-bond acceptors (Lipinski definition) is 4. The Hall–Kier alpha value is -1.71. The lowest BCUT2D eigenvalue weighted by molar-refractivity contribution is 0.0600. The third-order valence-electron chi connectivity index (χ3n) is 2.59. The van der Waals surface area contributed by atoms with E-state index in [0.29, 0.717) is 17.0 Å². The summed E-state index contributed by atoms with van der Waals surface area (Å²) in [4.78, 5) is 11.4. The maximum atomic E-state index is 11.4. The number of carbonyl (C=O) groups is 1. The Morgan fingerprint density at radius 1 is 1.44 bits per heavy atom. The van der Waals surface area contributed by atoms with Crippen molar-refractivity contribution >= 4 is 11.7 Å². The van der Waals surface area contributed by atoms with Crippen LogP contribution in [-0.2, 0) is 4.74 Å². The lowest BCUT2D eigenvalue weighted by atomic mass is 10.1. The van der Waals surface area contributed by atoms with Crippen molar-refractivity contribution in [2.24, 2.45) is 0 Å². The summed E-state index contributed by atoms with van der Waals surface area (Å²) in [5, 5.41) is 0.